The molecule has 0 heterocycles. The summed E-state index contributed by atoms with van der Waals surface area (Å²) < 4.78 is 64.0. The molecule has 0 saturated carbocycles. The van der Waals surface area contributed by atoms with E-state index in [2.05, 4.69) is 0 Å². The fraction of sp³-hybridized carbons (Fsp3) is 0.0714. The van der Waals surface area contributed by atoms with Crippen molar-refractivity contribution in [2.75, 3.05) is 5.43 Å². The van der Waals surface area contributed by atoms with Gasteiger partial charge in [-0.3, -0.25) is 25.8 Å². The second-order valence-corrected chi connectivity index (χ2v) is 4.69. The number of rotatable bonds is 4. The fourth-order valence-electron chi connectivity index (χ4n) is 1.83. The maximum atomic E-state index is 13.5. The largest absolute Gasteiger partial charge is 0.416 e. The second kappa shape index (κ2) is 6.71. The van der Waals surface area contributed by atoms with Gasteiger partial charge in [0.25, 0.3) is 11.6 Å². The number of carbonyl (C=O) groups excluding carboxylic acids is 1. The van der Waals surface area contributed by atoms with Gasteiger partial charge in [-0.05, 0) is 24.3 Å². The SMILES string of the molecule is O=C(NNc1ccc(C(F)(F)F)cc1[N+](=O)[O-])c1ccc(F)cc1F. The summed E-state index contributed by atoms with van der Waals surface area (Å²) >= 11 is 0. The average molecular weight is 361 g/mol. The number of nitrogens with zero attached hydrogens (tertiary/aromatic N) is 1. The minimum absolute atomic E-state index is 0.285. The number of alkyl halides is 3. The first-order valence-electron chi connectivity index (χ1n) is 6.46. The Morgan fingerprint density at radius 1 is 1.08 bits per heavy atom. The lowest BCUT2D eigenvalue weighted by molar-refractivity contribution is -0.384. The van der Waals surface area contributed by atoms with Crippen LogP contribution in [0.15, 0.2) is 36.4 Å². The van der Waals surface area contributed by atoms with E-state index in [0.29, 0.717) is 12.1 Å². The molecule has 1 amide bonds. The van der Waals surface area contributed by atoms with Crippen molar-refractivity contribution in [3.63, 3.8) is 0 Å². The second-order valence-electron chi connectivity index (χ2n) is 4.69. The van der Waals surface area contributed by atoms with Crippen molar-refractivity contribution < 1.29 is 31.7 Å². The average Bonchev–Trinajstić information content (AvgIpc) is 2.51. The summed E-state index contributed by atoms with van der Waals surface area (Å²) in [4.78, 5) is 21.6. The Hall–Kier alpha value is -3.24. The minimum Gasteiger partial charge on any atom is -0.292 e. The molecule has 2 N–H and O–H groups in total. The molecule has 0 bridgehead atoms. The number of hydrazine groups is 1. The molecule has 2 rings (SSSR count). The number of hydrogen-bond acceptors (Lipinski definition) is 4. The summed E-state index contributed by atoms with van der Waals surface area (Å²) in [6.45, 7) is 0. The summed E-state index contributed by atoms with van der Waals surface area (Å²) in [6.07, 6.45) is -4.79. The van der Waals surface area contributed by atoms with Crippen LogP contribution in [-0.2, 0) is 6.18 Å². The maximum Gasteiger partial charge on any atom is 0.416 e. The number of hydrogen-bond donors (Lipinski definition) is 2. The summed E-state index contributed by atoms with van der Waals surface area (Å²) in [5.41, 5.74) is 0.721. The van der Waals surface area contributed by atoms with Gasteiger partial charge in [-0.2, -0.15) is 13.2 Å². The Balaban J connectivity index is 2.22. The molecule has 0 aliphatic carbocycles. The molecule has 0 radical (unpaired) electrons. The Bertz CT molecular complexity index is 839. The molecule has 0 spiro atoms. The highest BCUT2D eigenvalue weighted by Crippen LogP contribution is 2.34. The van der Waals surface area contributed by atoms with Crippen molar-refractivity contribution in [1.29, 1.82) is 0 Å². The highest BCUT2D eigenvalue weighted by molar-refractivity contribution is 5.95. The molecule has 0 aliphatic rings. The zero-order chi connectivity index (χ0) is 18.8. The summed E-state index contributed by atoms with van der Waals surface area (Å²) in [5.74, 6) is -3.20. The van der Waals surface area contributed by atoms with E-state index in [9.17, 15) is 36.9 Å². The molecule has 2 aromatic rings. The molecular weight excluding hydrogens is 353 g/mol. The van der Waals surface area contributed by atoms with Crippen LogP contribution in [-0.4, -0.2) is 10.8 Å². The van der Waals surface area contributed by atoms with Crippen LogP contribution in [0.3, 0.4) is 0 Å². The number of anilines is 1. The summed E-state index contributed by atoms with van der Waals surface area (Å²) in [5, 5.41) is 10.9. The molecule has 0 saturated heterocycles. The molecule has 132 valence electrons. The molecule has 0 aliphatic heterocycles. The van der Waals surface area contributed by atoms with Crippen molar-refractivity contribution in [1.82, 2.24) is 5.43 Å². The van der Waals surface area contributed by atoms with Gasteiger partial charge in [0, 0.05) is 12.1 Å². The van der Waals surface area contributed by atoms with Crippen LogP contribution in [0, 0.1) is 21.7 Å². The van der Waals surface area contributed by atoms with Crippen LogP contribution < -0.4 is 10.9 Å². The number of nitro benzene ring substituents is 1. The molecule has 11 heteroatoms. The zero-order valence-corrected chi connectivity index (χ0v) is 12.0. The Kier molecular flexibility index (Phi) is 4.86. The number of halogens is 5. The summed E-state index contributed by atoms with van der Waals surface area (Å²) in [6, 6.07) is 3.70. The van der Waals surface area contributed by atoms with Gasteiger partial charge in [-0.25, -0.2) is 8.78 Å². The molecule has 0 aromatic heterocycles. The monoisotopic (exact) mass is 361 g/mol. The first-order chi connectivity index (χ1) is 11.6. The van der Waals surface area contributed by atoms with Gasteiger partial charge in [0.05, 0.1) is 16.1 Å². The lowest BCUT2D eigenvalue weighted by Gasteiger charge is -2.11. The maximum absolute atomic E-state index is 13.5. The van der Waals surface area contributed by atoms with Gasteiger partial charge in [0.2, 0.25) is 0 Å². The predicted octanol–water partition coefficient (Wildman–Crippen LogP) is 3.65. The van der Waals surface area contributed by atoms with E-state index in [4.69, 9.17) is 0 Å². The number of benzene rings is 2. The zero-order valence-electron chi connectivity index (χ0n) is 12.0. The lowest BCUT2D eigenvalue weighted by atomic mass is 10.1. The van der Waals surface area contributed by atoms with E-state index in [1.807, 2.05) is 10.9 Å². The van der Waals surface area contributed by atoms with Gasteiger partial charge in [0.15, 0.2) is 0 Å². The van der Waals surface area contributed by atoms with Crippen molar-refractivity contribution in [2.45, 2.75) is 6.18 Å². The van der Waals surface area contributed by atoms with Crippen LogP contribution in [0.5, 0.6) is 0 Å². The molecule has 0 fully saturated rings. The standard InChI is InChI=1S/C14H8F5N3O3/c15-8-2-3-9(10(16)6-8)13(23)21-20-11-4-1-7(14(17,18)19)5-12(11)22(24)25/h1-6,20H,(H,21,23). The number of amides is 1. The van der Waals surface area contributed by atoms with Crippen LogP contribution in [0.2, 0.25) is 0 Å². The third kappa shape index (κ3) is 4.19. The van der Waals surface area contributed by atoms with Crippen LogP contribution >= 0.6 is 0 Å². The third-order valence-corrected chi connectivity index (χ3v) is 3.01. The molecule has 25 heavy (non-hydrogen) atoms. The Morgan fingerprint density at radius 2 is 1.76 bits per heavy atom. The molecule has 6 nitrogen and oxygen atoms in total. The molecule has 2 aromatic carbocycles. The van der Waals surface area contributed by atoms with E-state index < -0.39 is 51.1 Å². The number of nitro groups is 1. The van der Waals surface area contributed by atoms with E-state index >= 15 is 0 Å². The van der Waals surface area contributed by atoms with Crippen LogP contribution in [0.4, 0.5) is 33.3 Å². The van der Waals surface area contributed by atoms with Crippen molar-refractivity contribution in [3.05, 3.63) is 69.3 Å². The fourth-order valence-corrected chi connectivity index (χ4v) is 1.83. The van der Waals surface area contributed by atoms with Gasteiger partial charge < -0.3 is 0 Å². The number of carbonyl (C=O) groups is 1. The van der Waals surface area contributed by atoms with Crippen molar-refractivity contribution >= 4 is 17.3 Å². The molecule has 0 atom stereocenters. The first kappa shape index (κ1) is 18.1. The van der Waals surface area contributed by atoms with E-state index in [0.717, 1.165) is 18.2 Å². The highest BCUT2D eigenvalue weighted by atomic mass is 19.4. The van der Waals surface area contributed by atoms with Crippen LogP contribution in [0.25, 0.3) is 0 Å². The highest BCUT2D eigenvalue weighted by Gasteiger charge is 2.33. The quantitative estimate of drug-likeness (QED) is 0.495. The Morgan fingerprint density at radius 3 is 2.32 bits per heavy atom. The summed E-state index contributed by atoms with van der Waals surface area (Å²) in [7, 11) is 0. The third-order valence-electron chi connectivity index (χ3n) is 3.01. The van der Waals surface area contributed by atoms with E-state index in [1.54, 1.807) is 0 Å². The van der Waals surface area contributed by atoms with Crippen molar-refractivity contribution in [2.24, 2.45) is 0 Å². The smallest absolute Gasteiger partial charge is 0.292 e. The molecule has 0 unspecified atom stereocenters. The van der Waals surface area contributed by atoms with Gasteiger partial charge in [-0.1, -0.05) is 0 Å². The van der Waals surface area contributed by atoms with Gasteiger partial charge in [-0.15, -0.1) is 0 Å². The normalized spacial score (nSPS) is 11.1. The van der Waals surface area contributed by atoms with E-state index in [1.165, 1.54) is 0 Å². The van der Waals surface area contributed by atoms with Crippen molar-refractivity contribution in [3.8, 4) is 0 Å². The predicted molar refractivity (Wildman–Crippen MR) is 75.5 cm³/mol. The molecular formula is C14H8F5N3O3. The lowest BCUT2D eigenvalue weighted by Crippen LogP contribution is -2.30. The van der Waals surface area contributed by atoms with Crippen LogP contribution in [0.1, 0.15) is 15.9 Å². The minimum atomic E-state index is -4.79. The van der Waals surface area contributed by atoms with Gasteiger partial charge >= 0.3 is 6.18 Å². The van der Waals surface area contributed by atoms with Gasteiger partial charge in [0.1, 0.15) is 17.3 Å². The first-order valence-corrected chi connectivity index (χ1v) is 6.46. The van der Waals surface area contributed by atoms with E-state index in [-0.39, 0.29) is 6.07 Å². The Labute approximate surface area is 136 Å². The number of nitrogens with one attached hydrogen (secondary N) is 2. The topological polar surface area (TPSA) is 84.3 Å².